The number of sulfonamides is 1. The molecule has 0 saturated carbocycles. The normalized spacial score (nSPS) is 13.0. The molecule has 2 aromatic rings. The van der Waals surface area contributed by atoms with Crippen LogP contribution in [0.2, 0.25) is 0 Å². The van der Waals surface area contributed by atoms with Gasteiger partial charge in [-0.2, -0.15) is 0 Å². The lowest BCUT2D eigenvalue weighted by Crippen LogP contribution is -2.33. The average molecular weight is 368 g/mol. The van der Waals surface area contributed by atoms with Gasteiger partial charge in [-0.25, -0.2) is 13.1 Å². The molecule has 2 rings (SSSR count). The molecule has 0 aliphatic heterocycles. The summed E-state index contributed by atoms with van der Waals surface area (Å²) in [4.78, 5) is 0.275. The van der Waals surface area contributed by atoms with Gasteiger partial charge in [0.1, 0.15) is 0 Å². The van der Waals surface area contributed by atoms with Crippen molar-refractivity contribution in [2.24, 2.45) is 0 Å². The third-order valence-electron chi connectivity index (χ3n) is 3.19. The van der Waals surface area contributed by atoms with Gasteiger partial charge >= 0.3 is 0 Å². The minimum absolute atomic E-state index is 0.123. The monoisotopic (exact) mass is 367 g/mol. The van der Waals surface area contributed by atoms with Crippen LogP contribution in [0.3, 0.4) is 0 Å². The first kappa shape index (κ1) is 16.2. The predicted molar refractivity (Wildman–Crippen MR) is 88.7 cm³/mol. The molecule has 0 fully saturated rings. The van der Waals surface area contributed by atoms with Crippen molar-refractivity contribution in [2.45, 2.75) is 30.7 Å². The fourth-order valence-corrected chi connectivity index (χ4v) is 4.36. The number of aryl methyl sites for hydroxylation is 1. The van der Waals surface area contributed by atoms with E-state index in [4.69, 9.17) is 0 Å². The van der Waals surface area contributed by atoms with Crippen LogP contribution in [0.15, 0.2) is 64.0 Å². The van der Waals surface area contributed by atoms with Crippen molar-refractivity contribution in [3.8, 4) is 0 Å². The first-order chi connectivity index (χ1) is 9.99. The Morgan fingerprint density at radius 3 is 2.33 bits per heavy atom. The highest BCUT2D eigenvalue weighted by molar-refractivity contribution is 9.10. The Morgan fingerprint density at radius 2 is 1.67 bits per heavy atom. The quantitative estimate of drug-likeness (QED) is 0.844. The van der Waals surface area contributed by atoms with Gasteiger partial charge in [0.05, 0.1) is 4.90 Å². The molecule has 1 atom stereocenters. The highest BCUT2D eigenvalue weighted by Gasteiger charge is 2.19. The van der Waals surface area contributed by atoms with E-state index in [-0.39, 0.29) is 10.9 Å². The minimum Gasteiger partial charge on any atom is -0.208 e. The topological polar surface area (TPSA) is 46.2 Å². The second kappa shape index (κ2) is 7.20. The van der Waals surface area contributed by atoms with Crippen LogP contribution in [0.5, 0.6) is 0 Å². The number of hydrogen-bond acceptors (Lipinski definition) is 2. The van der Waals surface area contributed by atoms with E-state index in [0.29, 0.717) is 4.47 Å². The van der Waals surface area contributed by atoms with Crippen LogP contribution in [0.4, 0.5) is 0 Å². The molecule has 1 N–H and O–H groups in total. The lowest BCUT2D eigenvalue weighted by molar-refractivity contribution is 0.546. The van der Waals surface area contributed by atoms with Gasteiger partial charge in [0.25, 0.3) is 0 Å². The molecule has 0 unspecified atom stereocenters. The maximum atomic E-state index is 12.3. The van der Waals surface area contributed by atoms with E-state index in [9.17, 15) is 8.42 Å². The average Bonchev–Trinajstić information content (AvgIpc) is 2.46. The summed E-state index contributed by atoms with van der Waals surface area (Å²) in [6.45, 7) is 1.89. The van der Waals surface area contributed by atoms with Crippen molar-refractivity contribution in [3.05, 3.63) is 64.6 Å². The van der Waals surface area contributed by atoms with E-state index in [1.807, 2.05) is 25.1 Å². The van der Waals surface area contributed by atoms with Gasteiger partial charge in [0, 0.05) is 10.5 Å². The minimum atomic E-state index is -3.49. The summed E-state index contributed by atoms with van der Waals surface area (Å²) in [5.41, 5.74) is 1.21. The van der Waals surface area contributed by atoms with E-state index in [1.54, 1.807) is 24.3 Å². The van der Waals surface area contributed by atoms with Gasteiger partial charge in [0.2, 0.25) is 10.0 Å². The van der Waals surface area contributed by atoms with E-state index in [0.717, 1.165) is 12.8 Å². The molecule has 0 bridgehead atoms. The van der Waals surface area contributed by atoms with Crippen LogP contribution in [-0.2, 0) is 16.4 Å². The van der Waals surface area contributed by atoms with Crippen molar-refractivity contribution < 1.29 is 8.42 Å². The molecule has 0 aliphatic rings. The Balaban J connectivity index is 1.99. The summed E-state index contributed by atoms with van der Waals surface area (Å²) in [6, 6.07) is 16.8. The van der Waals surface area contributed by atoms with E-state index < -0.39 is 10.0 Å². The zero-order valence-corrected chi connectivity index (χ0v) is 14.2. The second-order valence-corrected chi connectivity index (χ2v) is 7.51. The largest absolute Gasteiger partial charge is 0.241 e. The van der Waals surface area contributed by atoms with Gasteiger partial charge in [0.15, 0.2) is 0 Å². The molecular formula is C16H18BrNO2S. The Morgan fingerprint density at radius 1 is 1.05 bits per heavy atom. The van der Waals surface area contributed by atoms with Crippen molar-refractivity contribution in [1.82, 2.24) is 4.72 Å². The summed E-state index contributed by atoms with van der Waals surface area (Å²) >= 11 is 3.28. The smallest absolute Gasteiger partial charge is 0.208 e. The number of rotatable bonds is 6. The molecule has 112 valence electrons. The highest BCUT2D eigenvalue weighted by atomic mass is 79.9. The van der Waals surface area contributed by atoms with E-state index >= 15 is 0 Å². The van der Waals surface area contributed by atoms with Gasteiger partial charge in [-0.05, 0) is 53.4 Å². The number of hydrogen-bond donors (Lipinski definition) is 1. The van der Waals surface area contributed by atoms with Gasteiger partial charge < -0.3 is 0 Å². The van der Waals surface area contributed by atoms with Crippen molar-refractivity contribution >= 4 is 26.0 Å². The van der Waals surface area contributed by atoms with Crippen LogP contribution in [-0.4, -0.2) is 14.5 Å². The molecule has 21 heavy (non-hydrogen) atoms. The Hall–Kier alpha value is -1.17. The molecule has 2 aromatic carbocycles. The van der Waals surface area contributed by atoms with Crippen molar-refractivity contribution in [2.75, 3.05) is 0 Å². The zero-order chi connectivity index (χ0) is 15.3. The first-order valence-electron chi connectivity index (χ1n) is 6.80. The summed E-state index contributed by atoms with van der Waals surface area (Å²) < 4.78 is 28.0. The van der Waals surface area contributed by atoms with Crippen LogP contribution in [0.1, 0.15) is 18.9 Å². The van der Waals surface area contributed by atoms with Crippen LogP contribution < -0.4 is 4.72 Å². The molecule has 0 saturated heterocycles. The summed E-state index contributed by atoms with van der Waals surface area (Å²) in [5.74, 6) is 0. The summed E-state index contributed by atoms with van der Waals surface area (Å²) in [5, 5.41) is 0. The first-order valence-corrected chi connectivity index (χ1v) is 9.07. The molecule has 0 spiro atoms. The maximum Gasteiger partial charge on any atom is 0.241 e. The van der Waals surface area contributed by atoms with Crippen LogP contribution in [0, 0.1) is 0 Å². The number of nitrogens with one attached hydrogen (secondary N) is 1. The zero-order valence-electron chi connectivity index (χ0n) is 11.8. The van der Waals surface area contributed by atoms with Gasteiger partial charge in [-0.1, -0.05) is 42.5 Å². The summed E-state index contributed by atoms with van der Waals surface area (Å²) in [6.07, 6.45) is 1.61. The third-order valence-corrected chi connectivity index (χ3v) is 5.79. The second-order valence-electron chi connectivity index (χ2n) is 4.98. The van der Waals surface area contributed by atoms with Crippen LogP contribution >= 0.6 is 15.9 Å². The predicted octanol–water partition coefficient (Wildman–Crippen LogP) is 3.75. The molecule has 0 radical (unpaired) electrons. The number of halogens is 1. The molecule has 5 heteroatoms. The lowest BCUT2D eigenvalue weighted by Gasteiger charge is -2.15. The molecule has 0 amide bonds. The fraction of sp³-hybridized carbons (Fsp3) is 0.250. The van der Waals surface area contributed by atoms with Crippen molar-refractivity contribution in [1.29, 1.82) is 0 Å². The van der Waals surface area contributed by atoms with Gasteiger partial charge in [-0.15, -0.1) is 0 Å². The Labute approximate surface area is 134 Å². The third kappa shape index (κ3) is 4.66. The Bertz CT molecular complexity index is 686. The highest BCUT2D eigenvalue weighted by Crippen LogP contribution is 2.21. The molecule has 0 aromatic heterocycles. The molecule has 3 nitrogen and oxygen atoms in total. The van der Waals surface area contributed by atoms with E-state index in [2.05, 4.69) is 32.8 Å². The van der Waals surface area contributed by atoms with Gasteiger partial charge in [-0.3, -0.25) is 0 Å². The lowest BCUT2D eigenvalue weighted by atomic mass is 10.1. The fourth-order valence-electron chi connectivity index (χ4n) is 2.08. The Kier molecular flexibility index (Phi) is 5.56. The molecule has 0 aliphatic carbocycles. The SMILES string of the molecule is C[C@@H](CCc1ccccc1)NS(=O)(=O)c1ccccc1Br. The number of benzene rings is 2. The molecule has 0 heterocycles. The molecular weight excluding hydrogens is 350 g/mol. The van der Waals surface area contributed by atoms with Crippen molar-refractivity contribution in [3.63, 3.8) is 0 Å². The van der Waals surface area contributed by atoms with E-state index in [1.165, 1.54) is 5.56 Å². The van der Waals surface area contributed by atoms with Crippen LogP contribution in [0.25, 0.3) is 0 Å². The summed E-state index contributed by atoms with van der Waals surface area (Å²) in [7, 11) is -3.49. The maximum absolute atomic E-state index is 12.3. The standard InChI is InChI=1S/C16H18BrNO2S/c1-13(11-12-14-7-3-2-4-8-14)18-21(19,20)16-10-6-5-9-15(16)17/h2-10,13,18H,11-12H2,1H3/t13-/m0/s1.